The summed E-state index contributed by atoms with van der Waals surface area (Å²) in [5.74, 6) is 0.790. The number of benzene rings is 2. The summed E-state index contributed by atoms with van der Waals surface area (Å²) in [6.45, 7) is 6.33. The highest BCUT2D eigenvalue weighted by molar-refractivity contribution is 14.0. The molecule has 6 heteroatoms. The molecule has 0 bridgehead atoms. The summed E-state index contributed by atoms with van der Waals surface area (Å²) in [7, 11) is 0. The first-order chi connectivity index (χ1) is 13.7. The van der Waals surface area contributed by atoms with Crippen molar-refractivity contribution in [1.82, 2.24) is 15.6 Å². The van der Waals surface area contributed by atoms with Crippen LogP contribution in [0.25, 0.3) is 10.9 Å². The van der Waals surface area contributed by atoms with E-state index >= 15 is 0 Å². The number of nitrogens with one attached hydrogen (secondary N) is 3. The molecule has 0 aliphatic heterocycles. The number of halogens is 1. The molecule has 3 rings (SSSR count). The molecule has 0 spiro atoms. The van der Waals surface area contributed by atoms with E-state index in [2.05, 4.69) is 58.9 Å². The number of aromatic nitrogens is 1. The summed E-state index contributed by atoms with van der Waals surface area (Å²) in [4.78, 5) is 7.95. The average Bonchev–Trinajstić information content (AvgIpc) is 3.10. The summed E-state index contributed by atoms with van der Waals surface area (Å²) >= 11 is 0. The number of aliphatic hydroxyl groups is 1. The second-order valence-corrected chi connectivity index (χ2v) is 7.02. The summed E-state index contributed by atoms with van der Waals surface area (Å²) < 4.78 is 0. The van der Waals surface area contributed by atoms with Gasteiger partial charge in [-0.05, 0) is 49.4 Å². The van der Waals surface area contributed by atoms with Crippen molar-refractivity contribution in [3.63, 3.8) is 0 Å². The average molecular weight is 506 g/mol. The van der Waals surface area contributed by atoms with E-state index in [1.807, 2.05) is 30.3 Å². The number of aromatic amines is 1. The molecule has 1 unspecified atom stereocenters. The van der Waals surface area contributed by atoms with Crippen LogP contribution in [0.3, 0.4) is 0 Å². The second kappa shape index (κ2) is 11.8. The Morgan fingerprint density at radius 2 is 1.93 bits per heavy atom. The van der Waals surface area contributed by atoms with Gasteiger partial charge in [-0.15, -0.1) is 24.0 Å². The molecule has 0 saturated carbocycles. The lowest BCUT2D eigenvalue weighted by Gasteiger charge is -2.13. The zero-order chi connectivity index (χ0) is 19.8. The minimum atomic E-state index is -0.484. The highest BCUT2D eigenvalue weighted by Crippen LogP contribution is 2.19. The van der Waals surface area contributed by atoms with Crippen LogP contribution in [0, 0.1) is 6.92 Å². The van der Waals surface area contributed by atoms with E-state index in [1.54, 1.807) is 0 Å². The molecule has 156 valence electrons. The molecule has 0 aliphatic carbocycles. The number of aryl methyl sites for hydroxylation is 1. The number of nitrogens with zero attached hydrogens (tertiary/aromatic N) is 1. The lowest BCUT2D eigenvalue weighted by Crippen LogP contribution is -2.38. The van der Waals surface area contributed by atoms with Crippen molar-refractivity contribution in [2.45, 2.75) is 32.8 Å². The number of aliphatic hydroxyl groups excluding tert-OH is 1. The van der Waals surface area contributed by atoms with Crippen molar-refractivity contribution < 1.29 is 5.11 Å². The van der Waals surface area contributed by atoms with E-state index < -0.39 is 6.10 Å². The molecule has 3 aromatic rings. The van der Waals surface area contributed by atoms with Crippen LogP contribution in [0.2, 0.25) is 0 Å². The van der Waals surface area contributed by atoms with Crippen molar-refractivity contribution in [2.75, 3.05) is 19.6 Å². The Balaban J connectivity index is 0.00000300. The first-order valence-electron chi connectivity index (χ1n) is 9.99. The largest absolute Gasteiger partial charge is 0.388 e. The Labute approximate surface area is 190 Å². The van der Waals surface area contributed by atoms with E-state index in [4.69, 9.17) is 0 Å². The predicted molar refractivity (Wildman–Crippen MR) is 132 cm³/mol. The quantitative estimate of drug-likeness (QED) is 0.209. The Kier molecular flexibility index (Phi) is 9.47. The van der Waals surface area contributed by atoms with Crippen molar-refractivity contribution in [3.8, 4) is 0 Å². The number of H-pyrrole nitrogens is 1. The van der Waals surface area contributed by atoms with Crippen molar-refractivity contribution >= 4 is 40.8 Å². The molecule has 0 saturated heterocycles. The molecule has 1 atom stereocenters. The van der Waals surface area contributed by atoms with Gasteiger partial charge in [-0.2, -0.15) is 0 Å². The Morgan fingerprint density at radius 3 is 2.69 bits per heavy atom. The van der Waals surface area contributed by atoms with Crippen LogP contribution in [0.5, 0.6) is 0 Å². The van der Waals surface area contributed by atoms with E-state index in [-0.39, 0.29) is 24.0 Å². The van der Waals surface area contributed by atoms with Crippen LogP contribution in [0.4, 0.5) is 0 Å². The van der Waals surface area contributed by atoms with E-state index in [0.717, 1.165) is 31.0 Å². The van der Waals surface area contributed by atoms with Gasteiger partial charge >= 0.3 is 0 Å². The number of hydrogen-bond acceptors (Lipinski definition) is 2. The van der Waals surface area contributed by atoms with Crippen LogP contribution >= 0.6 is 24.0 Å². The maximum absolute atomic E-state index is 10.3. The molecule has 0 amide bonds. The Bertz CT molecular complexity index is 908. The molecule has 29 heavy (non-hydrogen) atoms. The van der Waals surface area contributed by atoms with E-state index in [1.165, 1.54) is 22.0 Å². The smallest absolute Gasteiger partial charge is 0.191 e. The van der Waals surface area contributed by atoms with Gasteiger partial charge in [-0.1, -0.05) is 42.5 Å². The van der Waals surface area contributed by atoms with Crippen molar-refractivity contribution in [3.05, 3.63) is 71.4 Å². The lowest BCUT2D eigenvalue weighted by molar-refractivity contribution is 0.170. The van der Waals surface area contributed by atoms with E-state index in [0.29, 0.717) is 13.0 Å². The molecule has 2 aromatic carbocycles. The topological polar surface area (TPSA) is 72.4 Å². The highest BCUT2D eigenvalue weighted by atomic mass is 127. The fourth-order valence-electron chi connectivity index (χ4n) is 3.30. The van der Waals surface area contributed by atoms with Gasteiger partial charge in [0.1, 0.15) is 0 Å². The Morgan fingerprint density at radius 1 is 1.14 bits per heavy atom. The van der Waals surface area contributed by atoms with Gasteiger partial charge < -0.3 is 20.7 Å². The SMILES string of the molecule is CCNC(=NCCC(O)c1ccccc1)NCCc1c[nH]c2cc(C)ccc12.I. The zero-order valence-corrected chi connectivity index (χ0v) is 19.4. The van der Waals surface area contributed by atoms with Crippen molar-refractivity contribution in [2.24, 2.45) is 4.99 Å². The third-order valence-corrected chi connectivity index (χ3v) is 4.81. The number of fused-ring (bicyclic) bond motifs is 1. The fraction of sp³-hybridized carbons (Fsp3) is 0.348. The van der Waals surface area contributed by atoms with Crippen LogP contribution in [-0.2, 0) is 6.42 Å². The summed E-state index contributed by atoms with van der Waals surface area (Å²) in [5, 5.41) is 18.2. The minimum absolute atomic E-state index is 0. The molecule has 0 aliphatic rings. The van der Waals surface area contributed by atoms with Crippen LogP contribution in [0.1, 0.15) is 36.1 Å². The zero-order valence-electron chi connectivity index (χ0n) is 17.1. The van der Waals surface area contributed by atoms with Gasteiger partial charge in [-0.25, -0.2) is 0 Å². The number of rotatable bonds is 8. The summed E-state index contributed by atoms with van der Waals surface area (Å²) in [5.41, 5.74) is 4.69. The number of hydrogen-bond donors (Lipinski definition) is 4. The first-order valence-corrected chi connectivity index (χ1v) is 9.99. The van der Waals surface area contributed by atoms with Gasteiger partial charge in [-0.3, -0.25) is 4.99 Å². The molecule has 0 fully saturated rings. The molecule has 0 radical (unpaired) electrons. The maximum Gasteiger partial charge on any atom is 0.191 e. The minimum Gasteiger partial charge on any atom is -0.388 e. The summed E-state index contributed by atoms with van der Waals surface area (Å²) in [6.07, 6.45) is 3.12. The molecule has 5 nitrogen and oxygen atoms in total. The van der Waals surface area contributed by atoms with Gasteiger partial charge in [0.15, 0.2) is 5.96 Å². The van der Waals surface area contributed by atoms with Gasteiger partial charge in [0.25, 0.3) is 0 Å². The molecular weight excluding hydrogens is 475 g/mol. The van der Waals surface area contributed by atoms with Gasteiger partial charge in [0.2, 0.25) is 0 Å². The first kappa shape index (κ1) is 23.2. The lowest BCUT2D eigenvalue weighted by atomic mass is 10.1. The third kappa shape index (κ3) is 6.75. The standard InChI is InChI=1S/C23H30N4O.HI/c1-3-24-23(26-14-12-22(28)18-7-5-4-6-8-18)25-13-11-19-16-27-21-15-17(2)9-10-20(19)21;/h4-10,15-16,22,27-28H,3,11-14H2,1-2H3,(H2,24,25,26);1H. The molecule has 1 heterocycles. The van der Waals surface area contributed by atoms with E-state index in [9.17, 15) is 5.11 Å². The molecular formula is C23H31IN4O. The van der Waals surface area contributed by atoms with Crippen molar-refractivity contribution in [1.29, 1.82) is 0 Å². The van der Waals surface area contributed by atoms with Gasteiger partial charge in [0.05, 0.1) is 6.10 Å². The van der Waals surface area contributed by atoms with Gasteiger partial charge in [0, 0.05) is 36.7 Å². The second-order valence-electron chi connectivity index (χ2n) is 7.02. The Hall–Kier alpha value is -2.06. The monoisotopic (exact) mass is 506 g/mol. The summed E-state index contributed by atoms with van der Waals surface area (Å²) in [6, 6.07) is 16.2. The molecule has 1 aromatic heterocycles. The van der Waals surface area contributed by atoms with Crippen LogP contribution in [-0.4, -0.2) is 35.7 Å². The normalized spacial score (nSPS) is 12.4. The third-order valence-electron chi connectivity index (χ3n) is 4.81. The maximum atomic E-state index is 10.3. The van der Waals surface area contributed by atoms with Crippen LogP contribution in [0.15, 0.2) is 59.7 Å². The van der Waals surface area contributed by atoms with Crippen LogP contribution < -0.4 is 10.6 Å². The fourth-order valence-corrected chi connectivity index (χ4v) is 3.30. The number of guanidine groups is 1. The molecule has 4 N–H and O–H groups in total. The number of aliphatic imine (C=N–C) groups is 1. The highest BCUT2D eigenvalue weighted by Gasteiger charge is 2.07. The predicted octanol–water partition coefficient (Wildman–Crippen LogP) is 4.32.